The minimum absolute atomic E-state index is 0.108. The Morgan fingerprint density at radius 2 is 2.00 bits per heavy atom. The van der Waals surface area contributed by atoms with Crippen molar-refractivity contribution in [3.8, 4) is 0 Å². The Labute approximate surface area is 197 Å². The van der Waals surface area contributed by atoms with Crippen molar-refractivity contribution >= 4 is 18.3 Å². The summed E-state index contributed by atoms with van der Waals surface area (Å²) < 4.78 is 0. The number of likely N-dealkylation sites (tertiary alicyclic amines) is 1. The summed E-state index contributed by atoms with van der Waals surface area (Å²) in [6, 6.07) is 0.370. The van der Waals surface area contributed by atoms with E-state index in [1.807, 2.05) is 12.4 Å². The summed E-state index contributed by atoms with van der Waals surface area (Å²) in [7, 11) is 0. The number of hydrogen-bond donors (Lipinski definition) is 2. The smallest absolute Gasteiger partial charge is 0.290 e. The van der Waals surface area contributed by atoms with Crippen molar-refractivity contribution in [2.24, 2.45) is 11.3 Å². The third kappa shape index (κ3) is 5.76. The summed E-state index contributed by atoms with van der Waals surface area (Å²) >= 11 is 0. The molecule has 4 heterocycles. The lowest BCUT2D eigenvalue weighted by molar-refractivity contribution is -0.147. The van der Waals surface area contributed by atoms with Crippen LogP contribution in [0.4, 0.5) is 0 Å². The average Bonchev–Trinajstić information content (AvgIpc) is 3.54. The monoisotopic (exact) mass is 460 g/mol. The molecular formula is C25H40N4O4. The number of fused-ring (bicyclic) bond motifs is 2. The number of aromatic amines is 1. The number of piperidine rings is 1. The molecular weight excluding hydrogens is 420 g/mol. The number of hydrogen-bond acceptors (Lipinski definition) is 4. The summed E-state index contributed by atoms with van der Waals surface area (Å²) in [4.78, 5) is 39.7. The van der Waals surface area contributed by atoms with E-state index in [0.717, 1.165) is 76.4 Å². The van der Waals surface area contributed by atoms with Crippen LogP contribution in [-0.2, 0) is 20.8 Å². The number of H-pyrrole nitrogens is 1. The van der Waals surface area contributed by atoms with Gasteiger partial charge >= 0.3 is 0 Å². The number of aromatic nitrogens is 2. The summed E-state index contributed by atoms with van der Waals surface area (Å²) in [6.07, 6.45) is 14.4. The van der Waals surface area contributed by atoms with Crippen molar-refractivity contribution < 1.29 is 19.5 Å². The van der Waals surface area contributed by atoms with Crippen molar-refractivity contribution in [1.29, 1.82) is 0 Å². The molecule has 2 bridgehead atoms. The van der Waals surface area contributed by atoms with Crippen LogP contribution in [-0.4, -0.2) is 68.6 Å². The third-order valence-electron chi connectivity index (χ3n) is 7.68. The van der Waals surface area contributed by atoms with Gasteiger partial charge in [-0.05, 0) is 75.7 Å². The first kappa shape index (κ1) is 25.2. The maximum Gasteiger partial charge on any atom is 0.290 e. The van der Waals surface area contributed by atoms with E-state index in [2.05, 4.69) is 33.8 Å². The van der Waals surface area contributed by atoms with Gasteiger partial charge < -0.3 is 14.9 Å². The van der Waals surface area contributed by atoms with Gasteiger partial charge in [0.25, 0.3) is 6.47 Å². The van der Waals surface area contributed by atoms with E-state index in [9.17, 15) is 9.59 Å². The molecule has 3 aliphatic heterocycles. The molecule has 1 aromatic heterocycles. The van der Waals surface area contributed by atoms with Crippen LogP contribution in [0.2, 0.25) is 0 Å². The van der Waals surface area contributed by atoms with Crippen molar-refractivity contribution in [1.82, 2.24) is 20.0 Å². The molecule has 3 fully saturated rings. The van der Waals surface area contributed by atoms with Gasteiger partial charge in [-0.15, -0.1) is 0 Å². The molecule has 0 aromatic carbocycles. The fourth-order valence-electron chi connectivity index (χ4n) is 6.11. The van der Waals surface area contributed by atoms with Crippen LogP contribution in [0.5, 0.6) is 0 Å². The van der Waals surface area contributed by atoms with Gasteiger partial charge in [0.2, 0.25) is 11.8 Å². The van der Waals surface area contributed by atoms with Gasteiger partial charge in [-0.3, -0.25) is 19.5 Å². The first-order valence-corrected chi connectivity index (χ1v) is 12.6. The molecule has 33 heavy (non-hydrogen) atoms. The van der Waals surface area contributed by atoms with E-state index < -0.39 is 0 Å². The molecule has 184 valence electrons. The summed E-state index contributed by atoms with van der Waals surface area (Å²) in [5.74, 6) is 1.18. The zero-order valence-corrected chi connectivity index (χ0v) is 20.2. The normalized spacial score (nSPS) is 26.3. The van der Waals surface area contributed by atoms with Gasteiger partial charge in [-0.25, -0.2) is 0 Å². The largest absolute Gasteiger partial charge is 0.483 e. The zero-order chi connectivity index (χ0) is 23.8. The molecule has 0 unspecified atom stereocenters. The molecule has 3 aliphatic rings. The van der Waals surface area contributed by atoms with Crippen molar-refractivity contribution in [2.45, 2.75) is 96.6 Å². The second kappa shape index (κ2) is 11.7. The highest BCUT2D eigenvalue weighted by Gasteiger charge is 2.61. The van der Waals surface area contributed by atoms with Crippen LogP contribution in [0, 0.1) is 11.3 Å². The molecule has 0 saturated carbocycles. The molecule has 3 atom stereocenters. The van der Waals surface area contributed by atoms with Crippen molar-refractivity contribution in [3.05, 3.63) is 18.0 Å². The quantitative estimate of drug-likeness (QED) is 0.576. The van der Waals surface area contributed by atoms with Crippen LogP contribution in [0.1, 0.15) is 83.6 Å². The summed E-state index contributed by atoms with van der Waals surface area (Å²) in [5.41, 5.74) is 0.809. The fourth-order valence-corrected chi connectivity index (χ4v) is 6.11. The minimum atomic E-state index is -0.343. The van der Waals surface area contributed by atoms with Crippen molar-refractivity contribution in [2.75, 3.05) is 13.1 Å². The van der Waals surface area contributed by atoms with E-state index in [0.29, 0.717) is 18.2 Å². The van der Waals surface area contributed by atoms with E-state index in [-0.39, 0.29) is 29.9 Å². The number of aryl methyl sites for hydroxylation is 1. The molecule has 4 rings (SSSR count). The molecule has 0 radical (unpaired) electrons. The van der Waals surface area contributed by atoms with Gasteiger partial charge in [0.15, 0.2) is 0 Å². The molecule has 8 nitrogen and oxygen atoms in total. The second-order valence-corrected chi connectivity index (χ2v) is 10.3. The van der Waals surface area contributed by atoms with E-state index in [1.165, 1.54) is 6.42 Å². The van der Waals surface area contributed by atoms with Gasteiger partial charge in [-0.1, -0.05) is 13.8 Å². The zero-order valence-electron chi connectivity index (χ0n) is 20.2. The molecule has 1 aromatic rings. The Morgan fingerprint density at radius 1 is 1.27 bits per heavy atom. The SMILES string of the molecule is CC(C)CC[C@]1(C(=O)N2CCCCC2)C[C@H]2CC[C@@H]1N2C(=O)CCCc1cn[nH]c1.O=CO. The van der Waals surface area contributed by atoms with E-state index in [1.54, 1.807) is 0 Å². The first-order valence-electron chi connectivity index (χ1n) is 12.6. The van der Waals surface area contributed by atoms with Crippen LogP contribution in [0.25, 0.3) is 0 Å². The fraction of sp³-hybridized carbons (Fsp3) is 0.760. The molecule has 8 heteroatoms. The van der Waals surface area contributed by atoms with Crippen LogP contribution in [0.3, 0.4) is 0 Å². The van der Waals surface area contributed by atoms with E-state index >= 15 is 0 Å². The molecule has 3 saturated heterocycles. The Hall–Kier alpha value is -2.38. The number of carbonyl (C=O) groups excluding carboxylic acids is 2. The molecule has 0 aliphatic carbocycles. The lowest BCUT2D eigenvalue weighted by Gasteiger charge is -2.41. The number of rotatable bonds is 8. The Bertz CT molecular complexity index is 775. The number of nitrogens with zero attached hydrogens (tertiary/aromatic N) is 3. The predicted molar refractivity (Wildman–Crippen MR) is 125 cm³/mol. The summed E-state index contributed by atoms with van der Waals surface area (Å²) in [6.45, 7) is 6.03. The Balaban J connectivity index is 0.000000968. The molecule has 0 spiro atoms. The molecule has 2 amide bonds. The maximum absolute atomic E-state index is 13.8. The number of carboxylic acid groups (broad SMARTS) is 1. The second-order valence-electron chi connectivity index (χ2n) is 10.3. The van der Waals surface area contributed by atoms with Crippen LogP contribution >= 0.6 is 0 Å². The van der Waals surface area contributed by atoms with Gasteiger partial charge in [0.05, 0.1) is 11.6 Å². The van der Waals surface area contributed by atoms with Gasteiger partial charge in [0, 0.05) is 37.8 Å². The summed E-state index contributed by atoms with van der Waals surface area (Å²) in [5, 5.41) is 13.7. The highest BCUT2D eigenvalue weighted by molar-refractivity contribution is 5.87. The number of carbonyl (C=O) groups is 3. The van der Waals surface area contributed by atoms with Gasteiger partial charge in [0.1, 0.15) is 0 Å². The topological polar surface area (TPSA) is 107 Å². The van der Waals surface area contributed by atoms with Crippen LogP contribution < -0.4 is 0 Å². The highest BCUT2D eigenvalue weighted by atomic mass is 16.3. The number of amides is 2. The lowest BCUT2D eigenvalue weighted by atomic mass is 9.68. The lowest BCUT2D eigenvalue weighted by Crippen LogP contribution is -2.52. The Morgan fingerprint density at radius 3 is 2.64 bits per heavy atom. The van der Waals surface area contributed by atoms with Crippen molar-refractivity contribution in [3.63, 3.8) is 0 Å². The van der Waals surface area contributed by atoms with Gasteiger partial charge in [-0.2, -0.15) is 5.10 Å². The minimum Gasteiger partial charge on any atom is -0.483 e. The van der Waals surface area contributed by atoms with E-state index in [4.69, 9.17) is 9.90 Å². The first-order chi connectivity index (χ1) is 15.9. The highest BCUT2D eigenvalue weighted by Crippen LogP contribution is 2.54. The van der Waals surface area contributed by atoms with Crippen LogP contribution in [0.15, 0.2) is 12.4 Å². The maximum atomic E-state index is 13.8. The average molecular weight is 461 g/mol. The Kier molecular flexibility index (Phi) is 8.92. The third-order valence-corrected chi connectivity index (χ3v) is 7.68. The molecule has 2 N–H and O–H groups in total. The number of nitrogens with one attached hydrogen (secondary N) is 1. The predicted octanol–water partition coefficient (Wildman–Crippen LogP) is 3.63. The standard InChI is InChI=1S/C24H38N4O2.CH2O2/c1-18(2)11-12-24(23(30)27-13-4-3-5-14-27)15-20-9-10-21(24)28(20)22(29)8-6-7-19-16-25-26-17-19;2-1-3/h16-18,20-21H,3-15H2,1-2H3,(H,25,26);1H,(H,2,3)/t20-,21+,24+;/m1./s1.